The van der Waals surface area contributed by atoms with Crippen LogP contribution in [0.2, 0.25) is 5.02 Å². The predicted octanol–water partition coefficient (Wildman–Crippen LogP) is 2.20. The minimum atomic E-state index is -1.08. The number of carbonyl (C=O) groups is 2. The SMILES string of the molecule is COCCCNC(=O)Nc1cc(C(=O)O)ccc1Cl. The molecule has 7 heteroatoms. The largest absolute Gasteiger partial charge is 0.478 e. The van der Waals surface area contributed by atoms with Crippen molar-refractivity contribution in [2.75, 3.05) is 25.6 Å². The molecular formula is C12H15ClN2O4. The van der Waals surface area contributed by atoms with Crippen LogP contribution < -0.4 is 10.6 Å². The van der Waals surface area contributed by atoms with Crippen molar-refractivity contribution in [1.29, 1.82) is 0 Å². The zero-order chi connectivity index (χ0) is 14.3. The summed E-state index contributed by atoms with van der Waals surface area (Å²) in [5.41, 5.74) is 0.310. The van der Waals surface area contributed by atoms with Crippen LogP contribution in [0.4, 0.5) is 10.5 Å². The first-order valence-corrected chi connectivity index (χ1v) is 5.99. The molecule has 19 heavy (non-hydrogen) atoms. The fourth-order valence-corrected chi connectivity index (χ4v) is 1.50. The average Bonchev–Trinajstić information content (AvgIpc) is 2.37. The summed E-state index contributed by atoms with van der Waals surface area (Å²) < 4.78 is 4.85. The van der Waals surface area contributed by atoms with Gasteiger partial charge in [0.15, 0.2) is 0 Å². The Hall–Kier alpha value is -1.79. The normalized spacial score (nSPS) is 10.0. The summed E-state index contributed by atoms with van der Waals surface area (Å²) in [6.45, 7) is 1.01. The van der Waals surface area contributed by atoms with Gasteiger partial charge in [0.2, 0.25) is 0 Å². The number of carboxylic acid groups (broad SMARTS) is 1. The highest BCUT2D eigenvalue weighted by Crippen LogP contribution is 2.22. The van der Waals surface area contributed by atoms with Crippen molar-refractivity contribution in [3.8, 4) is 0 Å². The number of carbonyl (C=O) groups excluding carboxylic acids is 1. The van der Waals surface area contributed by atoms with Gasteiger partial charge in [-0.2, -0.15) is 0 Å². The van der Waals surface area contributed by atoms with Crippen LogP contribution in [-0.4, -0.2) is 37.4 Å². The molecule has 0 aliphatic heterocycles. The molecule has 0 unspecified atom stereocenters. The molecule has 104 valence electrons. The Morgan fingerprint density at radius 1 is 1.42 bits per heavy atom. The Morgan fingerprint density at radius 3 is 2.79 bits per heavy atom. The van der Waals surface area contributed by atoms with Gasteiger partial charge in [-0.05, 0) is 24.6 Å². The van der Waals surface area contributed by atoms with E-state index >= 15 is 0 Å². The van der Waals surface area contributed by atoms with Crippen molar-refractivity contribution in [1.82, 2.24) is 5.32 Å². The van der Waals surface area contributed by atoms with E-state index in [4.69, 9.17) is 21.4 Å². The molecule has 0 atom stereocenters. The highest BCUT2D eigenvalue weighted by Gasteiger charge is 2.09. The maximum absolute atomic E-state index is 11.5. The Morgan fingerprint density at radius 2 is 2.16 bits per heavy atom. The number of anilines is 1. The first-order valence-electron chi connectivity index (χ1n) is 5.61. The van der Waals surface area contributed by atoms with E-state index in [2.05, 4.69) is 10.6 Å². The molecule has 0 saturated carbocycles. The maximum Gasteiger partial charge on any atom is 0.335 e. The fraction of sp³-hybridized carbons (Fsp3) is 0.333. The third-order valence-corrected chi connectivity index (χ3v) is 2.60. The number of ether oxygens (including phenoxy) is 1. The van der Waals surface area contributed by atoms with Crippen LogP contribution in [0, 0.1) is 0 Å². The summed E-state index contributed by atoms with van der Waals surface area (Å²) in [5.74, 6) is -1.08. The number of hydrogen-bond acceptors (Lipinski definition) is 3. The molecule has 0 fully saturated rings. The zero-order valence-electron chi connectivity index (χ0n) is 10.4. The van der Waals surface area contributed by atoms with Crippen LogP contribution in [0.25, 0.3) is 0 Å². The number of hydrogen-bond donors (Lipinski definition) is 3. The highest BCUT2D eigenvalue weighted by molar-refractivity contribution is 6.33. The number of halogens is 1. The van der Waals surface area contributed by atoms with E-state index in [9.17, 15) is 9.59 Å². The van der Waals surface area contributed by atoms with Crippen molar-refractivity contribution in [2.45, 2.75) is 6.42 Å². The number of benzene rings is 1. The minimum Gasteiger partial charge on any atom is -0.478 e. The van der Waals surface area contributed by atoms with Gasteiger partial charge in [-0.25, -0.2) is 9.59 Å². The topological polar surface area (TPSA) is 87.7 Å². The van der Waals surface area contributed by atoms with Gasteiger partial charge in [-0.1, -0.05) is 11.6 Å². The van der Waals surface area contributed by atoms with E-state index in [-0.39, 0.29) is 16.3 Å². The van der Waals surface area contributed by atoms with Crippen LogP contribution in [0.1, 0.15) is 16.8 Å². The summed E-state index contributed by atoms with van der Waals surface area (Å²) in [6, 6.07) is 3.65. The van der Waals surface area contributed by atoms with Crippen molar-refractivity contribution in [3.05, 3.63) is 28.8 Å². The third kappa shape index (κ3) is 5.15. The number of amides is 2. The van der Waals surface area contributed by atoms with Crippen LogP contribution in [-0.2, 0) is 4.74 Å². The van der Waals surface area contributed by atoms with Crippen LogP contribution in [0.5, 0.6) is 0 Å². The molecule has 2 amide bonds. The molecule has 1 aromatic carbocycles. The molecule has 6 nitrogen and oxygen atoms in total. The zero-order valence-corrected chi connectivity index (χ0v) is 11.2. The van der Waals surface area contributed by atoms with E-state index in [1.54, 1.807) is 7.11 Å². The molecule has 0 saturated heterocycles. The number of methoxy groups -OCH3 is 1. The quantitative estimate of drug-likeness (QED) is 0.700. The number of urea groups is 1. The van der Waals surface area contributed by atoms with Crippen molar-refractivity contribution in [3.63, 3.8) is 0 Å². The van der Waals surface area contributed by atoms with Crippen LogP contribution >= 0.6 is 11.6 Å². The molecule has 0 aromatic heterocycles. The Bertz CT molecular complexity index is 465. The molecule has 0 aliphatic rings. The lowest BCUT2D eigenvalue weighted by Gasteiger charge is -2.09. The lowest BCUT2D eigenvalue weighted by Crippen LogP contribution is -2.30. The third-order valence-electron chi connectivity index (χ3n) is 2.27. The second-order valence-corrected chi connectivity index (χ2v) is 4.13. The molecule has 0 spiro atoms. The number of nitrogens with one attached hydrogen (secondary N) is 2. The fourth-order valence-electron chi connectivity index (χ4n) is 1.34. The standard InChI is InChI=1S/C12H15ClN2O4/c1-19-6-2-5-14-12(18)15-10-7-8(11(16)17)3-4-9(10)13/h3-4,7H,2,5-6H2,1H3,(H,16,17)(H2,14,15,18). The van der Waals surface area contributed by atoms with Crippen molar-refractivity contribution in [2.24, 2.45) is 0 Å². The summed E-state index contributed by atoms with van der Waals surface area (Å²) in [4.78, 5) is 22.3. The Balaban J connectivity index is 2.58. The molecular weight excluding hydrogens is 272 g/mol. The van der Waals surface area contributed by atoms with Gasteiger partial charge >= 0.3 is 12.0 Å². The minimum absolute atomic E-state index is 0.0547. The van der Waals surface area contributed by atoms with Gasteiger partial charge in [-0.15, -0.1) is 0 Å². The lowest BCUT2D eigenvalue weighted by atomic mass is 10.2. The van der Waals surface area contributed by atoms with E-state index in [0.717, 1.165) is 0 Å². The first kappa shape index (κ1) is 15.3. The van der Waals surface area contributed by atoms with E-state index in [1.807, 2.05) is 0 Å². The van der Waals surface area contributed by atoms with E-state index < -0.39 is 12.0 Å². The molecule has 1 rings (SSSR count). The molecule has 1 aromatic rings. The van der Waals surface area contributed by atoms with Crippen molar-refractivity contribution >= 4 is 29.3 Å². The molecule has 0 aliphatic carbocycles. The summed E-state index contributed by atoms with van der Waals surface area (Å²) in [6.07, 6.45) is 0.687. The van der Waals surface area contributed by atoms with E-state index in [0.29, 0.717) is 19.6 Å². The lowest BCUT2D eigenvalue weighted by molar-refractivity contribution is 0.0697. The molecule has 0 heterocycles. The Kier molecular flexibility index (Phi) is 6.11. The monoisotopic (exact) mass is 286 g/mol. The summed E-state index contributed by atoms with van der Waals surface area (Å²) in [7, 11) is 1.58. The summed E-state index contributed by atoms with van der Waals surface area (Å²) in [5, 5.41) is 14.2. The van der Waals surface area contributed by atoms with Gasteiger partial charge in [0.05, 0.1) is 16.3 Å². The van der Waals surface area contributed by atoms with E-state index in [1.165, 1.54) is 18.2 Å². The second-order valence-electron chi connectivity index (χ2n) is 3.73. The number of rotatable bonds is 6. The molecule has 0 radical (unpaired) electrons. The van der Waals surface area contributed by atoms with Crippen molar-refractivity contribution < 1.29 is 19.4 Å². The summed E-state index contributed by atoms with van der Waals surface area (Å²) >= 11 is 5.87. The highest BCUT2D eigenvalue weighted by atomic mass is 35.5. The maximum atomic E-state index is 11.5. The van der Waals surface area contributed by atoms with Crippen LogP contribution in [0.15, 0.2) is 18.2 Å². The average molecular weight is 287 g/mol. The molecule has 3 N–H and O–H groups in total. The number of carboxylic acids is 1. The van der Waals surface area contributed by atoms with Gasteiger partial charge < -0.3 is 20.5 Å². The smallest absolute Gasteiger partial charge is 0.335 e. The number of aromatic carboxylic acids is 1. The Labute approximate surface area is 115 Å². The molecule has 0 bridgehead atoms. The first-order chi connectivity index (χ1) is 9.04. The van der Waals surface area contributed by atoms with Crippen LogP contribution in [0.3, 0.4) is 0 Å². The van der Waals surface area contributed by atoms with Gasteiger partial charge in [-0.3, -0.25) is 0 Å². The van der Waals surface area contributed by atoms with Gasteiger partial charge in [0.25, 0.3) is 0 Å². The predicted molar refractivity (Wildman–Crippen MR) is 71.9 cm³/mol. The second kappa shape index (κ2) is 7.60. The van der Waals surface area contributed by atoms with Gasteiger partial charge in [0.1, 0.15) is 0 Å². The van der Waals surface area contributed by atoms with Gasteiger partial charge in [0, 0.05) is 20.3 Å².